The average molecular weight is 325 g/mol. The highest BCUT2D eigenvalue weighted by molar-refractivity contribution is 7.10. The summed E-state index contributed by atoms with van der Waals surface area (Å²) in [6, 6.07) is 6.79. The third-order valence-electron chi connectivity index (χ3n) is 2.78. The minimum absolute atomic E-state index is 0.499. The molecule has 0 aliphatic carbocycles. The molecule has 0 saturated heterocycles. The Morgan fingerprint density at radius 1 is 1.33 bits per heavy atom. The summed E-state index contributed by atoms with van der Waals surface area (Å²) in [6.45, 7) is 1.85. The summed E-state index contributed by atoms with van der Waals surface area (Å²) in [5, 5.41) is 16.4. The van der Waals surface area contributed by atoms with Crippen LogP contribution in [0.25, 0.3) is 0 Å². The van der Waals surface area contributed by atoms with Crippen LogP contribution in [0.5, 0.6) is 0 Å². The summed E-state index contributed by atoms with van der Waals surface area (Å²) in [5.74, 6) is -1.12. The van der Waals surface area contributed by atoms with Crippen molar-refractivity contribution in [2.24, 2.45) is 0 Å². The summed E-state index contributed by atoms with van der Waals surface area (Å²) in [7, 11) is 0. The van der Waals surface area contributed by atoms with Gasteiger partial charge < -0.3 is 15.7 Å². The van der Waals surface area contributed by atoms with Crippen LogP contribution in [0.4, 0.5) is 10.5 Å². The van der Waals surface area contributed by atoms with E-state index in [0.717, 1.165) is 5.56 Å². The molecule has 0 fully saturated rings. The van der Waals surface area contributed by atoms with E-state index >= 15 is 0 Å². The molecule has 21 heavy (non-hydrogen) atoms. The number of aryl methyl sites for hydroxylation is 1. The van der Waals surface area contributed by atoms with E-state index in [2.05, 4.69) is 10.6 Å². The number of halogens is 1. The molecular formula is C14H13ClN2O3S. The van der Waals surface area contributed by atoms with Gasteiger partial charge in [-0.3, -0.25) is 0 Å². The number of aliphatic carboxylic acids is 1. The Bertz CT molecular complexity index is 658. The van der Waals surface area contributed by atoms with Crippen LogP contribution in [0.1, 0.15) is 16.5 Å². The van der Waals surface area contributed by atoms with Crippen LogP contribution in [0.2, 0.25) is 5.02 Å². The summed E-state index contributed by atoms with van der Waals surface area (Å²) in [4.78, 5) is 23.7. The number of carboxylic acid groups (broad SMARTS) is 1. The van der Waals surface area contributed by atoms with Gasteiger partial charge in [-0.05, 0) is 36.1 Å². The number of carbonyl (C=O) groups is 2. The number of amides is 2. The molecule has 1 atom stereocenters. The molecule has 3 N–H and O–H groups in total. The zero-order chi connectivity index (χ0) is 15.4. The van der Waals surface area contributed by atoms with Gasteiger partial charge in [0.25, 0.3) is 0 Å². The maximum Gasteiger partial charge on any atom is 0.331 e. The number of urea groups is 1. The zero-order valence-electron chi connectivity index (χ0n) is 11.1. The third kappa shape index (κ3) is 3.96. The molecule has 0 spiro atoms. The Labute approximate surface area is 130 Å². The Balaban J connectivity index is 2.06. The number of rotatable bonds is 4. The predicted octanol–water partition coefficient (Wildman–Crippen LogP) is 3.66. The van der Waals surface area contributed by atoms with Crippen molar-refractivity contribution in [1.82, 2.24) is 5.32 Å². The second-order valence-electron chi connectivity index (χ2n) is 4.35. The number of carbonyl (C=O) groups excluding carboxylic acids is 1. The van der Waals surface area contributed by atoms with Crippen LogP contribution in [0.3, 0.4) is 0 Å². The first-order valence-corrected chi connectivity index (χ1v) is 7.33. The van der Waals surface area contributed by atoms with Crippen molar-refractivity contribution >= 4 is 40.6 Å². The second kappa shape index (κ2) is 6.60. The largest absolute Gasteiger partial charge is 0.479 e. The number of benzene rings is 1. The summed E-state index contributed by atoms with van der Waals surface area (Å²) in [6.07, 6.45) is 0. The van der Waals surface area contributed by atoms with E-state index in [4.69, 9.17) is 11.6 Å². The maximum absolute atomic E-state index is 11.9. The molecule has 110 valence electrons. The summed E-state index contributed by atoms with van der Waals surface area (Å²) in [5.41, 5.74) is 1.39. The predicted molar refractivity (Wildman–Crippen MR) is 83.0 cm³/mol. The van der Waals surface area contributed by atoms with Gasteiger partial charge in [-0.2, -0.15) is 0 Å². The molecule has 1 heterocycles. The molecule has 2 amide bonds. The van der Waals surface area contributed by atoms with E-state index in [1.165, 1.54) is 11.3 Å². The zero-order valence-corrected chi connectivity index (χ0v) is 12.7. The third-order valence-corrected chi connectivity index (χ3v) is 4.12. The highest BCUT2D eigenvalue weighted by Gasteiger charge is 2.22. The second-order valence-corrected chi connectivity index (χ2v) is 5.74. The van der Waals surface area contributed by atoms with Crippen LogP contribution in [0.15, 0.2) is 35.7 Å². The average Bonchev–Trinajstić information content (AvgIpc) is 2.93. The van der Waals surface area contributed by atoms with E-state index in [1.807, 2.05) is 6.92 Å². The first-order chi connectivity index (χ1) is 9.97. The first kappa shape index (κ1) is 15.3. The van der Waals surface area contributed by atoms with Crippen LogP contribution in [-0.2, 0) is 4.79 Å². The minimum Gasteiger partial charge on any atom is -0.479 e. The van der Waals surface area contributed by atoms with Crippen LogP contribution < -0.4 is 10.6 Å². The first-order valence-electron chi connectivity index (χ1n) is 6.07. The van der Waals surface area contributed by atoms with E-state index in [-0.39, 0.29) is 0 Å². The number of carboxylic acids is 1. The molecule has 1 unspecified atom stereocenters. The number of thiophene rings is 1. The molecule has 2 rings (SSSR count). The highest BCUT2D eigenvalue weighted by Crippen LogP contribution is 2.21. The molecule has 7 heteroatoms. The normalized spacial score (nSPS) is 11.7. The van der Waals surface area contributed by atoms with Crippen LogP contribution in [-0.4, -0.2) is 17.1 Å². The smallest absolute Gasteiger partial charge is 0.331 e. The fourth-order valence-corrected chi connectivity index (χ4v) is 2.63. The standard InChI is InChI=1S/C14H13ClN2O3S/c1-8-4-5-9(7-10(8)15)16-14(20)17-12(13(18)19)11-3-2-6-21-11/h2-7,12H,1H3,(H,18,19)(H2,16,17,20). The Kier molecular flexibility index (Phi) is 4.82. The molecule has 0 radical (unpaired) electrons. The van der Waals surface area contributed by atoms with Gasteiger partial charge in [0.1, 0.15) is 0 Å². The lowest BCUT2D eigenvalue weighted by molar-refractivity contribution is -0.139. The quantitative estimate of drug-likeness (QED) is 0.803. The number of hydrogen-bond acceptors (Lipinski definition) is 3. The monoisotopic (exact) mass is 324 g/mol. The van der Waals surface area contributed by atoms with Crippen molar-refractivity contribution in [2.75, 3.05) is 5.32 Å². The lowest BCUT2D eigenvalue weighted by Gasteiger charge is -2.14. The SMILES string of the molecule is Cc1ccc(NC(=O)NC(C(=O)O)c2cccs2)cc1Cl. The van der Waals surface area contributed by atoms with Crippen LogP contribution >= 0.6 is 22.9 Å². The van der Waals surface area contributed by atoms with E-state index in [0.29, 0.717) is 15.6 Å². The van der Waals surface area contributed by atoms with Crippen molar-refractivity contribution in [3.05, 3.63) is 51.2 Å². The van der Waals surface area contributed by atoms with Crippen LogP contribution in [0, 0.1) is 6.92 Å². The lowest BCUT2D eigenvalue weighted by Crippen LogP contribution is -2.36. The highest BCUT2D eigenvalue weighted by atomic mass is 35.5. The molecule has 1 aromatic carbocycles. The molecule has 0 aliphatic heterocycles. The molecule has 2 aromatic rings. The number of hydrogen-bond donors (Lipinski definition) is 3. The Morgan fingerprint density at radius 2 is 2.10 bits per heavy atom. The molecule has 1 aromatic heterocycles. The van der Waals surface area contributed by atoms with Gasteiger partial charge >= 0.3 is 12.0 Å². The van der Waals surface area contributed by atoms with Crippen molar-refractivity contribution < 1.29 is 14.7 Å². The van der Waals surface area contributed by atoms with Crippen molar-refractivity contribution in [2.45, 2.75) is 13.0 Å². The van der Waals surface area contributed by atoms with Crippen molar-refractivity contribution in [3.8, 4) is 0 Å². The molecule has 5 nitrogen and oxygen atoms in total. The van der Waals surface area contributed by atoms with Crippen molar-refractivity contribution in [3.63, 3.8) is 0 Å². The molecule has 0 bridgehead atoms. The van der Waals surface area contributed by atoms with Gasteiger partial charge in [0.15, 0.2) is 6.04 Å². The minimum atomic E-state index is -1.12. The van der Waals surface area contributed by atoms with Gasteiger partial charge in [0.2, 0.25) is 0 Å². The fraction of sp³-hybridized carbons (Fsp3) is 0.143. The summed E-state index contributed by atoms with van der Waals surface area (Å²) >= 11 is 7.24. The van der Waals surface area contributed by atoms with Gasteiger partial charge in [-0.1, -0.05) is 23.7 Å². The molecule has 0 saturated carbocycles. The summed E-state index contributed by atoms with van der Waals surface area (Å²) < 4.78 is 0. The number of anilines is 1. The molecular weight excluding hydrogens is 312 g/mol. The topological polar surface area (TPSA) is 78.4 Å². The fourth-order valence-electron chi connectivity index (χ4n) is 1.68. The lowest BCUT2D eigenvalue weighted by atomic mass is 10.2. The van der Waals surface area contributed by atoms with E-state index < -0.39 is 18.0 Å². The van der Waals surface area contributed by atoms with E-state index in [1.54, 1.807) is 35.7 Å². The van der Waals surface area contributed by atoms with E-state index in [9.17, 15) is 14.7 Å². The van der Waals surface area contributed by atoms with Crippen molar-refractivity contribution in [1.29, 1.82) is 0 Å². The Morgan fingerprint density at radius 3 is 2.67 bits per heavy atom. The van der Waals surface area contributed by atoms with Gasteiger partial charge in [-0.25, -0.2) is 9.59 Å². The maximum atomic E-state index is 11.9. The van der Waals surface area contributed by atoms with Gasteiger partial charge in [-0.15, -0.1) is 11.3 Å². The number of nitrogens with one attached hydrogen (secondary N) is 2. The van der Waals surface area contributed by atoms with Gasteiger partial charge in [0, 0.05) is 15.6 Å². The Hall–Kier alpha value is -2.05. The molecule has 0 aliphatic rings. The van der Waals surface area contributed by atoms with Gasteiger partial charge in [0.05, 0.1) is 0 Å².